The summed E-state index contributed by atoms with van der Waals surface area (Å²) in [4.78, 5) is 17.1. The lowest BCUT2D eigenvalue weighted by atomic mass is 9.96. The molecule has 2 aromatic carbocycles. The lowest BCUT2D eigenvalue weighted by Gasteiger charge is -2.39. The highest BCUT2D eigenvalue weighted by molar-refractivity contribution is 5.97. The van der Waals surface area contributed by atoms with Gasteiger partial charge in [-0.25, -0.2) is 0 Å². The maximum Gasteiger partial charge on any atom is 0.266 e. The number of carbonyl (C=O) groups is 1. The van der Waals surface area contributed by atoms with E-state index in [1.54, 1.807) is 4.90 Å². The van der Waals surface area contributed by atoms with Crippen LogP contribution >= 0.6 is 0 Å². The molecule has 180 valence electrons. The largest absolute Gasteiger partial charge is 0.385 e. The fraction of sp³-hybridized carbons (Fsp3) is 0.407. The number of amides is 1. The first-order valence-corrected chi connectivity index (χ1v) is 11.9. The molecular weight excluding hydrogens is 428 g/mol. The topological polar surface area (TPSA) is 77.8 Å². The molecule has 34 heavy (non-hydrogen) atoms. The Morgan fingerprint density at radius 2 is 1.50 bits per heavy atom. The van der Waals surface area contributed by atoms with Gasteiger partial charge in [0.15, 0.2) is 6.29 Å². The van der Waals surface area contributed by atoms with Crippen LogP contribution in [0.2, 0.25) is 0 Å². The molecule has 0 atom stereocenters. The smallest absolute Gasteiger partial charge is 0.266 e. The summed E-state index contributed by atoms with van der Waals surface area (Å²) >= 11 is 0. The van der Waals surface area contributed by atoms with Crippen molar-refractivity contribution in [3.8, 4) is 6.07 Å². The number of benzene rings is 2. The Bertz CT molecular complexity index is 905. The van der Waals surface area contributed by atoms with E-state index in [1.165, 1.54) is 17.3 Å². The van der Waals surface area contributed by atoms with Crippen LogP contribution in [0.1, 0.15) is 31.0 Å². The van der Waals surface area contributed by atoms with Crippen LogP contribution in [-0.2, 0) is 14.3 Å². The van der Waals surface area contributed by atoms with E-state index in [2.05, 4.69) is 58.7 Å². The van der Waals surface area contributed by atoms with Crippen LogP contribution in [0.25, 0.3) is 0 Å². The van der Waals surface area contributed by atoms with Crippen molar-refractivity contribution in [2.24, 2.45) is 0 Å². The van der Waals surface area contributed by atoms with E-state index in [1.807, 2.05) is 32.0 Å². The van der Waals surface area contributed by atoms with Crippen molar-refractivity contribution in [3.63, 3.8) is 0 Å². The second-order valence-corrected chi connectivity index (χ2v) is 7.97. The Kier molecular flexibility index (Phi) is 10.1. The van der Waals surface area contributed by atoms with Gasteiger partial charge in [-0.3, -0.25) is 9.69 Å². The van der Waals surface area contributed by atoms with Gasteiger partial charge in [0, 0.05) is 45.6 Å². The summed E-state index contributed by atoms with van der Waals surface area (Å²) in [6.07, 6.45) is 1.05. The molecule has 1 aliphatic rings. The van der Waals surface area contributed by atoms with Gasteiger partial charge in [-0.05, 0) is 25.0 Å². The molecule has 1 fully saturated rings. The lowest BCUT2D eigenvalue weighted by molar-refractivity contribution is -0.132. The van der Waals surface area contributed by atoms with Crippen LogP contribution in [0.5, 0.6) is 0 Å². The second-order valence-electron chi connectivity index (χ2n) is 7.97. The molecule has 0 bridgehead atoms. The molecule has 1 amide bonds. The zero-order valence-electron chi connectivity index (χ0n) is 20.0. The maximum atomic E-state index is 13.0. The van der Waals surface area contributed by atoms with Crippen molar-refractivity contribution >= 4 is 5.91 Å². The van der Waals surface area contributed by atoms with Crippen molar-refractivity contribution in [3.05, 3.63) is 83.6 Å². The summed E-state index contributed by atoms with van der Waals surface area (Å²) in [5.74, 6) is -0.255. The Morgan fingerprint density at radius 1 is 0.971 bits per heavy atom. The van der Waals surface area contributed by atoms with Gasteiger partial charge in [-0.15, -0.1) is 0 Å². The van der Waals surface area contributed by atoms with Crippen LogP contribution < -0.4 is 5.32 Å². The van der Waals surface area contributed by atoms with Crippen molar-refractivity contribution in [2.45, 2.75) is 26.2 Å². The third-order valence-corrected chi connectivity index (χ3v) is 5.78. The van der Waals surface area contributed by atoms with Crippen LogP contribution in [0.15, 0.2) is 72.4 Å². The number of nitriles is 1. The molecule has 1 heterocycles. The number of rotatable bonds is 11. The highest BCUT2D eigenvalue weighted by Gasteiger charge is 2.29. The maximum absolute atomic E-state index is 13.0. The predicted molar refractivity (Wildman–Crippen MR) is 132 cm³/mol. The fourth-order valence-electron chi connectivity index (χ4n) is 4.18. The first-order valence-electron chi connectivity index (χ1n) is 11.9. The molecule has 0 aliphatic carbocycles. The van der Waals surface area contributed by atoms with Crippen LogP contribution in [0.4, 0.5) is 0 Å². The van der Waals surface area contributed by atoms with Gasteiger partial charge in [0.05, 0.1) is 12.6 Å². The Morgan fingerprint density at radius 3 is 1.97 bits per heavy atom. The summed E-state index contributed by atoms with van der Waals surface area (Å²) in [5.41, 5.74) is 2.55. The van der Waals surface area contributed by atoms with E-state index in [4.69, 9.17) is 9.47 Å². The lowest BCUT2D eigenvalue weighted by Crippen LogP contribution is -2.50. The highest BCUT2D eigenvalue weighted by Crippen LogP contribution is 2.29. The monoisotopic (exact) mass is 462 g/mol. The molecule has 7 heteroatoms. The first kappa shape index (κ1) is 25.4. The third-order valence-electron chi connectivity index (χ3n) is 5.78. The number of carbonyl (C=O) groups excluding carboxylic acids is 1. The number of hydrogen-bond donors (Lipinski definition) is 1. The SMILES string of the molecule is CCOC(CN/C=C(/C#N)C(=O)N1CCN(C(c2ccccc2)c2ccccc2)CC1)OCC. The minimum absolute atomic E-state index is 0.0860. The average molecular weight is 463 g/mol. The van der Waals surface area contributed by atoms with E-state index in [-0.39, 0.29) is 17.5 Å². The fourth-order valence-corrected chi connectivity index (χ4v) is 4.18. The zero-order chi connectivity index (χ0) is 24.2. The normalized spacial score (nSPS) is 14.9. The molecule has 1 saturated heterocycles. The second kappa shape index (κ2) is 13.5. The summed E-state index contributed by atoms with van der Waals surface area (Å²) < 4.78 is 11.0. The van der Waals surface area contributed by atoms with E-state index in [0.29, 0.717) is 32.8 Å². The van der Waals surface area contributed by atoms with Gasteiger partial charge in [0.1, 0.15) is 11.6 Å². The van der Waals surface area contributed by atoms with E-state index >= 15 is 0 Å². The van der Waals surface area contributed by atoms with Crippen LogP contribution in [0.3, 0.4) is 0 Å². The Balaban J connectivity index is 1.63. The molecule has 1 N–H and O–H groups in total. The van der Waals surface area contributed by atoms with Crippen molar-refractivity contribution in [2.75, 3.05) is 45.9 Å². The zero-order valence-corrected chi connectivity index (χ0v) is 20.0. The molecule has 3 rings (SSSR count). The van der Waals surface area contributed by atoms with Crippen molar-refractivity contribution < 1.29 is 14.3 Å². The van der Waals surface area contributed by atoms with Gasteiger partial charge >= 0.3 is 0 Å². The Labute approximate surface area is 202 Å². The summed E-state index contributed by atoms with van der Waals surface area (Å²) in [5, 5.41) is 12.6. The molecule has 0 unspecified atom stereocenters. The highest BCUT2D eigenvalue weighted by atomic mass is 16.7. The third kappa shape index (κ3) is 6.91. The number of nitrogens with one attached hydrogen (secondary N) is 1. The average Bonchev–Trinajstić information content (AvgIpc) is 2.88. The van der Waals surface area contributed by atoms with Gasteiger partial charge in [-0.1, -0.05) is 60.7 Å². The van der Waals surface area contributed by atoms with Gasteiger partial charge in [-0.2, -0.15) is 5.26 Å². The van der Waals surface area contributed by atoms with E-state index < -0.39 is 6.29 Å². The summed E-state index contributed by atoms with van der Waals surface area (Å²) in [7, 11) is 0. The Hall–Kier alpha value is -3.18. The van der Waals surface area contributed by atoms with E-state index in [9.17, 15) is 10.1 Å². The molecule has 0 spiro atoms. The standard InChI is InChI=1S/C27H34N4O3/c1-3-33-25(34-4-2)21-29-20-24(19-28)27(32)31-17-15-30(16-18-31)26(22-11-7-5-8-12-22)23-13-9-6-10-14-23/h5-14,20,25-26,29H,3-4,15-18,21H2,1-2H3/b24-20-. The number of ether oxygens (including phenoxy) is 2. The van der Waals surface area contributed by atoms with E-state index in [0.717, 1.165) is 13.1 Å². The van der Waals surface area contributed by atoms with Gasteiger partial charge in [0.2, 0.25) is 0 Å². The predicted octanol–water partition coefficient (Wildman–Crippen LogP) is 3.32. The summed E-state index contributed by atoms with van der Waals surface area (Å²) in [6.45, 7) is 7.78. The quantitative estimate of drug-likeness (QED) is 0.314. The summed E-state index contributed by atoms with van der Waals surface area (Å²) in [6, 6.07) is 23.0. The molecule has 1 aliphatic heterocycles. The van der Waals surface area contributed by atoms with Gasteiger partial charge in [0.25, 0.3) is 5.91 Å². The van der Waals surface area contributed by atoms with Crippen molar-refractivity contribution in [1.82, 2.24) is 15.1 Å². The molecular formula is C27H34N4O3. The van der Waals surface area contributed by atoms with Crippen molar-refractivity contribution in [1.29, 1.82) is 5.26 Å². The van der Waals surface area contributed by atoms with Gasteiger partial charge < -0.3 is 19.7 Å². The molecule has 7 nitrogen and oxygen atoms in total. The molecule has 0 saturated carbocycles. The number of nitrogens with zero attached hydrogens (tertiary/aromatic N) is 3. The number of hydrogen-bond acceptors (Lipinski definition) is 6. The minimum atomic E-state index is -0.419. The molecule has 0 aromatic heterocycles. The number of piperazine rings is 1. The molecule has 2 aromatic rings. The van der Waals surface area contributed by atoms with Crippen LogP contribution in [0, 0.1) is 11.3 Å². The molecule has 0 radical (unpaired) electrons. The minimum Gasteiger partial charge on any atom is -0.385 e. The van der Waals surface area contributed by atoms with Crippen LogP contribution in [-0.4, -0.2) is 67.9 Å². The first-order chi connectivity index (χ1) is 16.7.